The number of carbonyl (C=O) groups excluding carboxylic acids is 2. The van der Waals surface area contributed by atoms with Crippen LogP contribution in [0.1, 0.15) is 12.8 Å². The lowest BCUT2D eigenvalue weighted by atomic mass is 10.0. The molecule has 1 aliphatic carbocycles. The van der Waals surface area contributed by atoms with E-state index in [1.807, 2.05) is 0 Å². The van der Waals surface area contributed by atoms with Gasteiger partial charge in [0.1, 0.15) is 40.6 Å². The number of halogens is 4. The number of aromatic nitrogens is 1. The molecule has 3 aromatic rings. The van der Waals surface area contributed by atoms with Gasteiger partial charge in [-0.25, -0.2) is 37.0 Å². The quantitative estimate of drug-likeness (QED) is 0.250. The van der Waals surface area contributed by atoms with Crippen molar-refractivity contribution in [3.8, 4) is 17.0 Å². The van der Waals surface area contributed by atoms with E-state index in [1.54, 1.807) is 14.1 Å². The van der Waals surface area contributed by atoms with Crippen LogP contribution in [0.3, 0.4) is 0 Å². The number of anilines is 1. The van der Waals surface area contributed by atoms with Gasteiger partial charge in [0.05, 0.1) is 12.0 Å². The summed E-state index contributed by atoms with van der Waals surface area (Å²) in [7, 11) is 3.31. The van der Waals surface area contributed by atoms with E-state index in [9.17, 15) is 27.2 Å². The Bertz CT molecular complexity index is 1530. The van der Waals surface area contributed by atoms with Crippen molar-refractivity contribution in [1.29, 1.82) is 0 Å². The lowest BCUT2D eigenvalue weighted by Crippen LogP contribution is -2.37. The first kappa shape index (κ1) is 26.3. The summed E-state index contributed by atoms with van der Waals surface area (Å²) in [6.07, 6.45) is 1.31. The van der Waals surface area contributed by atoms with Crippen molar-refractivity contribution in [3.63, 3.8) is 0 Å². The van der Waals surface area contributed by atoms with E-state index in [4.69, 9.17) is 10.5 Å². The minimum Gasteiger partial charge on any atom is -0.409 e. The van der Waals surface area contributed by atoms with Gasteiger partial charge in [-0.3, -0.25) is 0 Å². The molecule has 0 atom stereocenters. The van der Waals surface area contributed by atoms with E-state index in [2.05, 4.69) is 9.98 Å². The Balaban J connectivity index is 1.93. The Morgan fingerprint density at radius 2 is 1.84 bits per heavy atom. The molecular weight excluding hydrogens is 506 g/mol. The summed E-state index contributed by atoms with van der Waals surface area (Å²) in [5, 5.41) is 0.539. The maximum Gasteiger partial charge on any atom is 0.440 e. The lowest BCUT2D eigenvalue weighted by molar-refractivity contribution is 0.211. The molecule has 0 spiro atoms. The number of benzene rings is 2. The molecule has 0 aliphatic heterocycles. The van der Waals surface area contributed by atoms with Crippen molar-refractivity contribution in [2.75, 3.05) is 19.0 Å². The van der Waals surface area contributed by atoms with Crippen LogP contribution in [-0.2, 0) is 0 Å². The number of amides is 3. The summed E-state index contributed by atoms with van der Waals surface area (Å²) in [6.45, 7) is 0. The number of rotatable bonds is 5. The maximum atomic E-state index is 14.8. The van der Waals surface area contributed by atoms with Crippen molar-refractivity contribution in [2.24, 2.45) is 10.7 Å². The zero-order chi connectivity index (χ0) is 27.6. The number of fused-ring (bicyclic) bond motifs is 1. The van der Waals surface area contributed by atoms with E-state index in [0.29, 0.717) is 16.4 Å². The number of nitrogens with zero attached hydrogens (tertiary/aromatic N) is 4. The first-order valence-electron chi connectivity index (χ1n) is 11.2. The Morgan fingerprint density at radius 3 is 2.50 bits per heavy atom. The highest BCUT2D eigenvalue weighted by atomic mass is 19.1. The van der Waals surface area contributed by atoms with Crippen LogP contribution >= 0.6 is 0 Å². The molecule has 196 valence electrons. The Hall–Kier alpha value is -4.74. The highest BCUT2D eigenvalue weighted by Crippen LogP contribution is 2.38. The summed E-state index contributed by atoms with van der Waals surface area (Å²) in [5.74, 6) is -4.06. The fraction of sp³-hybridized carbons (Fsp3) is 0.154. The Labute approximate surface area is 214 Å². The number of ether oxygens (including phenoxy) is 1. The summed E-state index contributed by atoms with van der Waals surface area (Å²) >= 11 is 0. The molecular formula is C26H21F4N5O3. The van der Waals surface area contributed by atoms with Gasteiger partial charge < -0.3 is 15.4 Å². The molecule has 0 unspecified atom stereocenters. The first-order chi connectivity index (χ1) is 18.0. The fourth-order valence-corrected chi connectivity index (χ4v) is 3.81. The smallest absolute Gasteiger partial charge is 0.409 e. The number of hydrogen-bond acceptors (Lipinski definition) is 4. The van der Waals surface area contributed by atoms with E-state index in [1.165, 1.54) is 35.5 Å². The highest BCUT2D eigenvalue weighted by molar-refractivity contribution is 6.01. The number of urea groups is 1. The fourth-order valence-electron chi connectivity index (χ4n) is 3.81. The number of carbonyl (C=O) groups is 2. The van der Waals surface area contributed by atoms with Crippen molar-refractivity contribution in [1.82, 2.24) is 9.88 Å². The van der Waals surface area contributed by atoms with Crippen LogP contribution in [0, 0.1) is 11.6 Å². The number of nitrogens with two attached hydrogens (primary N) is 1. The van der Waals surface area contributed by atoms with Gasteiger partial charge in [-0.15, -0.1) is 0 Å². The predicted octanol–water partition coefficient (Wildman–Crippen LogP) is 5.98. The summed E-state index contributed by atoms with van der Waals surface area (Å²) < 4.78 is 63.1. The molecule has 38 heavy (non-hydrogen) atoms. The molecule has 2 N–H and O–H groups in total. The number of allylic oxidation sites excluding steroid dienone is 3. The molecule has 1 aromatic heterocycles. The molecule has 8 nitrogen and oxygen atoms in total. The lowest BCUT2D eigenvalue weighted by Gasteiger charge is -2.25. The van der Waals surface area contributed by atoms with Gasteiger partial charge >= 0.3 is 12.1 Å². The van der Waals surface area contributed by atoms with Gasteiger partial charge in [0.15, 0.2) is 0 Å². The minimum atomic E-state index is -1.25. The molecule has 0 bridgehead atoms. The third kappa shape index (κ3) is 5.48. The monoisotopic (exact) mass is 527 g/mol. The average Bonchev–Trinajstić information content (AvgIpc) is 2.84. The number of pyridine rings is 1. The summed E-state index contributed by atoms with van der Waals surface area (Å²) in [6, 6.07) is 7.03. The first-order valence-corrected chi connectivity index (χ1v) is 11.2. The van der Waals surface area contributed by atoms with Crippen LogP contribution in [0.25, 0.3) is 22.0 Å². The summed E-state index contributed by atoms with van der Waals surface area (Å²) in [5.41, 5.74) is 4.55. The normalized spacial score (nSPS) is 13.6. The molecule has 2 aromatic carbocycles. The van der Waals surface area contributed by atoms with Gasteiger partial charge in [-0.2, -0.15) is 4.99 Å². The summed E-state index contributed by atoms with van der Waals surface area (Å²) in [4.78, 5) is 34.4. The van der Waals surface area contributed by atoms with Crippen LogP contribution in [-0.4, -0.2) is 42.4 Å². The van der Waals surface area contributed by atoms with E-state index in [0.717, 1.165) is 18.2 Å². The van der Waals surface area contributed by atoms with Gasteiger partial charge in [-0.1, -0.05) is 0 Å². The van der Waals surface area contributed by atoms with E-state index in [-0.39, 0.29) is 41.1 Å². The second-order valence-electron chi connectivity index (χ2n) is 8.43. The molecule has 0 radical (unpaired) electrons. The molecule has 1 aliphatic rings. The molecule has 1 heterocycles. The zero-order valence-electron chi connectivity index (χ0n) is 20.2. The van der Waals surface area contributed by atoms with Crippen molar-refractivity contribution in [3.05, 3.63) is 77.5 Å². The second-order valence-corrected chi connectivity index (χ2v) is 8.43. The second kappa shape index (κ2) is 10.7. The standard InChI is InChI=1S/C26H21F4N5O3/c1-34(2)13-32-26(37)38-16-7-9-17-14(10-16)11-22(33-23(17)18-8-6-15(27)12-21(18)30)35(25(31)36)24-19(28)4-3-5-20(24)29/h4,6-13H,3,5H2,1-2H3,(H2,31,36). The molecule has 3 amide bonds. The van der Waals surface area contributed by atoms with Crippen LogP contribution in [0.5, 0.6) is 5.75 Å². The maximum absolute atomic E-state index is 14.8. The minimum absolute atomic E-state index is 0.0286. The molecule has 12 heteroatoms. The largest absolute Gasteiger partial charge is 0.440 e. The molecule has 0 fully saturated rings. The van der Waals surface area contributed by atoms with Crippen LogP contribution in [0.15, 0.2) is 70.9 Å². The Morgan fingerprint density at radius 1 is 1.08 bits per heavy atom. The van der Waals surface area contributed by atoms with Gasteiger partial charge in [0.25, 0.3) is 0 Å². The van der Waals surface area contributed by atoms with Crippen molar-refractivity contribution in [2.45, 2.75) is 12.8 Å². The van der Waals surface area contributed by atoms with Gasteiger partial charge in [0.2, 0.25) is 0 Å². The van der Waals surface area contributed by atoms with Gasteiger partial charge in [0, 0.05) is 37.5 Å². The van der Waals surface area contributed by atoms with E-state index < -0.39 is 41.1 Å². The van der Waals surface area contributed by atoms with E-state index >= 15 is 0 Å². The van der Waals surface area contributed by atoms with Crippen molar-refractivity contribution < 1.29 is 31.9 Å². The average molecular weight is 527 g/mol. The number of primary amides is 1. The number of aliphatic imine (C=N–C) groups is 1. The van der Waals surface area contributed by atoms with Crippen LogP contribution in [0.4, 0.5) is 33.0 Å². The third-order valence-electron chi connectivity index (χ3n) is 5.42. The molecule has 0 saturated heterocycles. The number of hydrogen-bond donors (Lipinski definition) is 1. The third-order valence-corrected chi connectivity index (χ3v) is 5.42. The molecule has 4 rings (SSSR count). The van der Waals surface area contributed by atoms with Crippen LogP contribution in [0.2, 0.25) is 0 Å². The zero-order valence-corrected chi connectivity index (χ0v) is 20.2. The SMILES string of the molecule is CN(C)C=NC(=O)Oc1ccc2c(-c3ccc(F)cc3F)nc(N(C(N)=O)C3=C(F)CCC=C3F)cc2c1. The highest BCUT2D eigenvalue weighted by Gasteiger charge is 2.29. The van der Waals surface area contributed by atoms with Crippen molar-refractivity contribution >= 4 is 35.1 Å². The topological polar surface area (TPSA) is 101 Å². The molecule has 0 saturated carbocycles. The van der Waals surface area contributed by atoms with Crippen LogP contribution < -0.4 is 15.4 Å². The Kier molecular flexibility index (Phi) is 7.42. The van der Waals surface area contributed by atoms with Gasteiger partial charge in [-0.05, 0) is 54.3 Å². The predicted molar refractivity (Wildman–Crippen MR) is 134 cm³/mol.